The first kappa shape index (κ1) is 17.8. The number of amides is 1. The molecule has 0 aromatic heterocycles. The SMILES string of the molecule is CCCOc1ccccc1CCCNC(=O)[C@@H]1CCCN(C)C1. The molecule has 0 aliphatic carbocycles. The van der Waals surface area contributed by atoms with Gasteiger partial charge in [-0.2, -0.15) is 0 Å². The Morgan fingerprint density at radius 1 is 1.39 bits per heavy atom. The summed E-state index contributed by atoms with van der Waals surface area (Å²) in [7, 11) is 2.09. The summed E-state index contributed by atoms with van der Waals surface area (Å²) >= 11 is 0. The maximum atomic E-state index is 12.2. The summed E-state index contributed by atoms with van der Waals surface area (Å²) in [6, 6.07) is 8.20. The van der Waals surface area contributed by atoms with Gasteiger partial charge in [-0.05, 0) is 57.3 Å². The number of para-hydroxylation sites is 1. The Bertz CT molecular complexity index is 490. The maximum absolute atomic E-state index is 12.2. The van der Waals surface area contributed by atoms with Crippen molar-refractivity contribution < 1.29 is 9.53 Å². The Hall–Kier alpha value is -1.55. The van der Waals surface area contributed by atoms with Crippen molar-refractivity contribution >= 4 is 5.91 Å². The minimum absolute atomic E-state index is 0.161. The van der Waals surface area contributed by atoms with Gasteiger partial charge in [-0.3, -0.25) is 4.79 Å². The molecule has 23 heavy (non-hydrogen) atoms. The van der Waals surface area contributed by atoms with E-state index in [1.54, 1.807) is 0 Å². The summed E-state index contributed by atoms with van der Waals surface area (Å²) in [5.74, 6) is 1.36. The molecule has 2 rings (SSSR count). The fraction of sp³-hybridized carbons (Fsp3) is 0.632. The molecule has 4 nitrogen and oxygen atoms in total. The lowest BCUT2D eigenvalue weighted by molar-refractivity contribution is -0.126. The van der Waals surface area contributed by atoms with Crippen LogP contribution in [-0.4, -0.2) is 44.1 Å². The third-order valence-corrected chi connectivity index (χ3v) is 4.35. The van der Waals surface area contributed by atoms with E-state index in [1.165, 1.54) is 5.56 Å². The second-order valence-corrected chi connectivity index (χ2v) is 6.45. The van der Waals surface area contributed by atoms with Gasteiger partial charge in [-0.25, -0.2) is 0 Å². The molecule has 1 N–H and O–H groups in total. The van der Waals surface area contributed by atoms with Gasteiger partial charge in [0.25, 0.3) is 0 Å². The zero-order valence-corrected chi connectivity index (χ0v) is 14.5. The Kier molecular flexibility index (Phi) is 7.40. The maximum Gasteiger partial charge on any atom is 0.224 e. The second-order valence-electron chi connectivity index (χ2n) is 6.45. The minimum Gasteiger partial charge on any atom is -0.493 e. The van der Waals surface area contributed by atoms with Gasteiger partial charge < -0.3 is 15.0 Å². The summed E-state index contributed by atoms with van der Waals surface area (Å²) in [6.07, 6.45) is 5.03. The van der Waals surface area contributed by atoms with E-state index in [9.17, 15) is 4.79 Å². The Morgan fingerprint density at radius 2 is 2.22 bits per heavy atom. The van der Waals surface area contributed by atoms with Crippen LogP contribution >= 0.6 is 0 Å². The number of rotatable bonds is 8. The highest BCUT2D eigenvalue weighted by atomic mass is 16.5. The summed E-state index contributed by atoms with van der Waals surface area (Å²) in [4.78, 5) is 14.4. The molecular weight excluding hydrogens is 288 g/mol. The van der Waals surface area contributed by atoms with E-state index in [0.29, 0.717) is 0 Å². The zero-order chi connectivity index (χ0) is 16.5. The first-order valence-electron chi connectivity index (χ1n) is 8.87. The van der Waals surface area contributed by atoms with E-state index < -0.39 is 0 Å². The molecule has 1 amide bonds. The quantitative estimate of drug-likeness (QED) is 0.749. The smallest absolute Gasteiger partial charge is 0.224 e. The molecule has 1 fully saturated rings. The van der Waals surface area contributed by atoms with Crippen molar-refractivity contribution in [2.24, 2.45) is 5.92 Å². The van der Waals surface area contributed by atoms with E-state index in [2.05, 4.69) is 30.3 Å². The van der Waals surface area contributed by atoms with Crippen LogP contribution in [0.2, 0.25) is 0 Å². The Balaban J connectivity index is 1.72. The lowest BCUT2D eigenvalue weighted by Gasteiger charge is -2.28. The normalized spacial score (nSPS) is 18.6. The predicted molar refractivity (Wildman–Crippen MR) is 93.8 cm³/mol. The molecule has 4 heteroatoms. The number of likely N-dealkylation sites (tertiary alicyclic amines) is 1. The van der Waals surface area contributed by atoms with E-state index in [-0.39, 0.29) is 11.8 Å². The predicted octanol–water partition coefficient (Wildman–Crippen LogP) is 2.87. The number of carbonyl (C=O) groups is 1. The lowest BCUT2D eigenvalue weighted by Crippen LogP contribution is -2.41. The highest BCUT2D eigenvalue weighted by Gasteiger charge is 2.23. The van der Waals surface area contributed by atoms with Crippen LogP contribution < -0.4 is 10.1 Å². The molecule has 0 bridgehead atoms. The molecular formula is C19H30N2O2. The van der Waals surface area contributed by atoms with Crippen LogP contribution in [0.4, 0.5) is 0 Å². The molecule has 1 aromatic rings. The molecule has 0 spiro atoms. The van der Waals surface area contributed by atoms with Crippen LogP contribution in [0.15, 0.2) is 24.3 Å². The average molecular weight is 318 g/mol. The highest BCUT2D eigenvalue weighted by Crippen LogP contribution is 2.20. The molecule has 128 valence electrons. The minimum atomic E-state index is 0.161. The largest absolute Gasteiger partial charge is 0.493 e. The molecule has 1 aliphatic rings. The number of hydrogen-bond acceptors (Lipinski definition) is 3. The zero-order valence-electron chi connectivity index (χ0n) is 14.5. The number of carbonyl (C=O) groups excluding carboxylic acids is 1. The van der Waals surface area contributed by atoms with Gasteiger partial charge >= 0.3 is 0 Å². The standard InChI is InChI=1S/C19H30N2O2/c1-3-14-23-18-11-5-4-8-16(18)9-6-12-20-19(22)17-10-7-13-21(2)15-17/h4-5,8,11,17H,3,6-7,9-10,12-15H2,1-2H3,(H,20,22)/t17-/m1/s1. The van der Waals surface area contributed by atoms with Gasteiger partial charge in [0, 0.05) is 13.1 Å². The van der Waals surface area contributed by atoms with Crippen molar-refractivity contribution in [3.8, 4) is 5.75 Å². The molecule has 0 radical (unpaired) electrons. The van der Waals surface area contributed by atoms with Gasteiger partial charge in [0.15, 0.2) is 0 Å². The monoisotopic (exact) mass is 318 g/mol. The molecule has 1 atom stereocenters. The van der Waals surface area contributed by atoms with E-state index >= 15 is 0 Å². The molecule has 1 aromatic carbocycles. The van der Waals surface area contributed by atoms with Crippen LogP contribution in [-0.2, 0) is 11.2 Å². The van der Waals surface area contributed by atoms with Crippen molar-refractivity contribution in [1.29, 1.82) is 0 Å². The van der Waals surface area contributed by atoms with Crippen molar-refractivity contribution in [2.75, 3.05) is 33.3 Å². The first-order valence-corrected chi connectivity index (χ1v) is 8.87. The second kappa shape index (κ2) is 9.56. The third kappa shape index (κ3) is 5.87. The van der Waals surface area contributed by atoms with Crippen molar-refractivity contribution in [1.82, 2.24) is 10.2 Å². The van der Waals surface area contributed by atoms with Crippen LogP contribution in [0.1, 0.15) is 38.2 Å². The summed E-state index contributed by atoms with van der Waals surface area (Å²) in [5, 5.41) is 3.10. The van der Waals surface area contributed by atoms with Crippen LogP contribution in [0, 0.1) is 5.92 Å². The molecule has 1 aliphatic heterocycles. The first-order chi connectivity index (χ1) is 11.2. The number of aryl methyl sites for hydroxylation is 1. The van der Waals surface area contributed by atoms with Gasteiger partial charge in [0.05, 0.1) is 12.5 Å². The van der Waals surface area contributed by atoms with Crippen LogP contribution in [0.3, 0.4) is 0 Å². The Morgan fingerprint density at radius 3 is 3.00 bits per heavy atom. The number of nitrogens with zero attached hydrogens (tertiary/aromatic N) is 1. The molecule has 0 unspecified atom stereocenters. The summed E-state index contributed by atoms with van der Waals surface area (Å²) in [6.45, 7) is 5.60. The molecule has 1 saturated heterocycles. The number of benzene rings is 1. The van der Waals surface area contributed by atoms with E-state index in [4.69, 9.17) is 4.74 Å². The van der Waals surface area contributed by atoms with Crippen molar-refractivity contribution in [3.63, 3.8) is 0 Å². The van der Waals surface area contributed by atoms with Gasteiger partial charge in [-0.1, -0.05) is 25.1 Å². The number of ether oxygens (including phenoxy) is 1. The number of hydrogen-bond donors (Lipinski definition) is 1. The van der Waals surface area contributed by atoms with Crippen LogP contribution in [0.25, 0.3) is 0 Å². The molecule has 0 saturated carbocycles. The van der Waals surface area contributed by atoms with E-state index in [0.717, 1.165) is 64.1 Å². The van der Waals surface area contributed by atoms with Gasteiger partial charge in [0.2, 0.25) is 5.91 Å². The van der Waals surface area contributed by atoms with E-state index in [1.807, 2.05) is 18.2 Å². The fourth-order valence-electron chi connectivity index (χ4n) is 3.08. The summed E-state index contributed by atoms with van der Waals surface area (Å²) < 4.78 is 5.78. The summed E-state index contributed by atoms with van der Waals surface area (Å²) in [5.41, 5.74) is 1.23. The number of nitrogens with one attached hydrogen (secondary N) is 1. The molecule has 1 heterocycles. The number of piperidine rings is 1. The average Bonchev–Trinajstić information content (AvgIpc) is 2.57. The van der Waals surface area contributed by atoms with Gasteiger partial charge in [-0.15, -0.1) is 0 Å². The van der Waals surface area contributed by atoms with Crippen molar-refractivity contribution in [2.45, 2.75) is 39.0 Å². The Labute approximate surface area is 140 Å². The van der Waals surface area contributed by atoms with Crippen LogP contribution in [0.5, 0.6) is 5.75 Å². The van der Waals surface area contributed by atoms with Gasteiger partial charge in [0.1, 0.15) is 5.75 Å². The van der Waals surface area contributed by atoms with Crippen molar-refractivity contribution in [3.05, 3.63) is 29.8 Å². The highest BCUT2D eigenvalue weighted by molar-refractivity contribution is 5.78. The fourth-order valence-corrected chi connectivity index (χ4v) is 3.08. The third-order valence-electron chi connectivity index (χ3n) is 4.35. The lowest BCUT2D eigenvalue weighted by atomic mass is 9.97. The topological polar surface area (TPSA) is 41.6 Å².